The molecular weight excluding hydrogens is 428 g/mol. The molecule has 7 heteroatoms. The van der Waals surface area contributed by atoms with Crippen molar-refractivity contribution in [3.8, 4) is 11.5 Å². The third kappa shape index (κ3) is 4.89. The highest BCUT2D eigenvalue weighted by Gasteiger charge is 2.45. The van der Waals surface area contributed by atoms with Gasteiger partial charge in [0, 0.05) is 13.1 Å². The summed E-state index contributed by atoms with van der Waals surface area (Å²) in [6.07, 6.45) is 4.81. The maximum Gasteiger partial charge on any atom is 0.327 e. The van der Waals surface area contributed by atoms with Crippen LogP contribution in [0.3, 0.4) is 0 Å². The smallest absolute Gasteiger partial charge is 0.327 e. The van der Waals surface area contributed by atoms with Crippen LogP contribution in [0.4, 0.5) is 10.5 Å². The van der Waals surface area contributed by atoms with Crippen LogP contribution in [0.5, 0.6) is 11.5 Å². The van der Waals surface area contributed by atoms with Crippen LogP contribution in [0.15, 0.2) is 54.6 Å². The molecule has 0 aromatic heterocycles. The molecule has 3 aliphatic heterocycles. The largest absolute Gasteiger partial charge is 0.455 e. The third-order valence-corrected chi connectivity index (χ3v) is 7.34. The van der Waals surface area contributed by atoms with Gasteiger partial charge in [-0.2, -0.15) is 0 Å². The number of piperazine rings is 1. The average Bonchev–Trinajstić information content (AvgIpc) is 3.13. The zero-order valence-corrected chi connectivity index (χ0v) is 19.8. The molecule has 0 radical (unpaired) electrons. The Morgan fingerprint density at radius 1 is 0.882 bits per heavy atom. The van der Waals surface area contributed by atoms with Crippen molar-refractivity contribution in [3.05, 3.63) is 54.6 Å². The Morgan fingerprint density at radius 2 is 1.65 bits per heavy atom. The van der Waals surface area contributed by atoms with E-state index in [2.05, 4.69) is 17.0 Å². The number of carbonyl (C=O) groups is 2. The van der Waals surface area contributed by atoms with Gasteiger partial charge in [-0.15, -0.1) is 0 Å². The number of unbranched alkanes of at least 4 members (excludes halogenated alkanes) is 1. The summed E-state index contributed by atoms with van der Waals surface area (Å²) in [5.41, 5.74) is 1.15. The lowest BCUT2D eigenvalue weighted by molar-refractivity contribution is -0.900. The van der Waals surface area contributed by atoms with Gasteiger partial charge in [0.25, 0.3) is 5.91 Å². The Labute approximate surface area is 201 Å². The van der Waals surface area contributed by atoms with Crippen LogP contribution < -0.4 is 14.5 Å². The van der Waals surface area contributed by atoms with Crippen LogP contribution in [0, 0.1) is 0 Å². The second-order valence-electron chi connectivity index (χ2n) is 9.55. The summed E-state index contributed by atoms with van der Waals surface area (Å²) >= 11 is 0. The lowest BCUT2D eigenvalue weighted by Gasteiger charge is -2.34. The summed E-state index contributed by atoms with van der Waals surface area (Å²) < 4.78 is 6.16. The van der Waals surface area contributed by atoms with Crippen molar-refractivity contribution in [2.75, 3.05) is 50.7 Å². The molecule has 3 aliphatic rings. The molecule has 0 saturated carbocycles. The first-order chi connectivity index (χ1) is 16.7. The zero-order valence-electron chi connectivity index (χ0n) is 19.8. The summed E-state index contributed by atoms with van der Waals surface area (Å²) in [6.45, 7) is 6.52. The predicted octanol–water partition coefficient (Wildman–Crippen LogP) is 2.78. The van der Waals surface area contributed by atoms with Crippen molar-refractivity contribution < 1.29 is 19.2 Å². The molecule has 5 rings (SSSR count). The highest BCUT2D eigenvalue weighted by atomic mass is 16.5. The number of hydrogen-bond donors (Lipinski definition) is 1. The number of fused-ring (bicyclic) bond motifs is 1. The average molecular weight is 464 g/mol. The van der Waals surface area contributed by atoms with Gasteiger partial charge in [0.1, 0.15) is 11.8 Å². The Morgan fingerprint density at radius 3 is 2.44 bits per heavy atom. The number of ether oxygens (including phenoxy) is 1. The van der Waals surface area contributed by atoms with E-state index in [9.17, 15) is 9.59 Å². The van der Waals surface area contributed by atoms with E-state index in [0.717, 1.165) is 88.6 Å². The van der Waals surface area contributed by atoms with Gasteiger partial charge in [-0.1, -0.05) is 30.3 Å². The quantitative estimate of drug-likeness (QED) is 0.483. The SMILES string of the molecule is O=C1[C@H]2CCCCN2C(=O)N1CCCC[NH+]1CCN(c2ccccc2Oc2ccccc2)CC1. The molecule has 2 aromatic carbocycles. The molecule has 0 aliphatic carbocycles. The van der Waals surface area contributed by atoms with Crippen molar-refractivity contribution in [1.82, 2.24) is 9.80 Å². The van der Waals surface area contributed by atoms with Gasteiger partial charge in [0.15, 0.2) is 5.75 Å². The van der Waals surface area contributed by atoms with Crippen LogP contribution in [0.2, 0.25) is 0 Å². The van der Waals surface area contributed by atoms with Gasteiger partial charge in [0.05, 0.1) is 38.4 Å². The Hall–Kier alpha value is -3.06. The van der Waals surface area contributed by atoms with E-state index < -0.39 is 0 Å². The second-order valence-corrected chi connectivity index (χ2v) is 9.55. The monoisotopic (exact) mass is 463 g/mol. The molecule has 1 N–H and O–H groups in total. The van der Waals surface area contributed by atoms with E-state index in [-0.39, 0.29) is 18.0 Å². The molecule has 0 unspecified atom stereocenters. The van der Waals surface area contributed by atoms with Crippen LogP contribution >= 0.6 is 0 Å². The van der Waals surface area contributed by atoms with E-state index >= 15 is 0 Å². The molecular formula is C27H35N4O3+. The molecule has 0 bridgehead atoms. The number of urea groups is 1. The minimum absolute atomic E-state index is 0.0297. The van der Waals surface area contributed by atoms with E-state index in [0.29, 0.717) is 6.54 Å². The molecule has 2 aromatic rings. The number of hydrogen-bond acceptors (Lipinski definition) is 4. The number of rotatable bonds is 8. The summed E-state index contributed by atoms with van der Waals surface area (Å²) in [4.78, 5) is 32.5. The van der Waals surface area contributed by atoms with Gasteiger partial charge in [-0.25, -0.2) is 4.79 Å². The number of benzene rings is 2. The lowest BCUT2D eigenvalue weighted by Crippen LogP contribution is -3.14. The standard InChI is InChI=1S/C27H34N4O3/c32-26-24-13-6-7-16-30(24)27(33)31(26)17-9-8-15-28-18-20-29(21-19-28)23-12-4-5-14-25(23)34-22-10-2-1-3-11-22/h1-5,10-12,14,24H,6-9,13,15-21H2/p+1/t24-/m1/s1. The minimum Gasteiger partial charge on any atom is -0.455 e. The number of piperidine rings is 1. The van der Waals surface area contributed by atoms with E-state index in [1.165, 1.54) is 4.90 Å². The van der Waals surface area contributed by atoms with E-state index in [4.69, 9.17) is 4.74 Å². The molecule has 3 saturated heterocycles. The highest BCUT2D eigenvalue weighted by Crippen LogP contribution is 2.32. The number of quaternary nitrogens is 1. The number of nitrogens with zero attached hydrogens (tertiary/aromatic N) is 3. The third-order valence-electron chi connectivity index (χ3n) is 7.34. The van der Waals surface area contributed by atoms with Crippen molar-refractivity contribution in [2.24, 2.45) is 0 Å². The van der Waals surface area contributed by atoms with Crippen LogP contribution in [-0.2, 0) is 4.79 Å². The van der Waals surface area contributed by atoms with E-state index in [1.807, 2.05) is 42.5 Å². The van der Waals surface area contributed by atoms with E-state index in [1.54, 1.807) is 9.80 Å². The molecule has 180 valence electrons. The fraction of sp³-hybridized carbons (Fsp3) is 0.481. The molecule has 0 spiro atoms. The van der Waals surface area contributed by atoms with Gasteiger partial charge in [-0.05, 0) is 56.4 Å². The van der Waals surface area contributed by atoms with Gasteiger partial charge in [-0.3, -0.25) is 9.69 Å². The summed E-state index contributed by atoms with van der Waals surface area (Å²) in [7, 11) is 0. The van der Waals surface area contributed by atoms with Crippen molar-refractivity contribution in [2.45, 2.75) is 38.1 Å². The molecule has 7 nitrogen and oxygen atoms in total. The predicted molar refractivity (Wildman–Crippen MR) is 131 cm³/mol. The second kappa shape index (κ2) is 10.5. The van der Waals surface area contributed by atoms with Crippen LogP contribution in [-0.4, -0.2) is 73.6 Å². The maximum absolute atomic E-state index is 12.6. The maximum atomic E-state index is 12.6. The number of carbonyl (C=O) groups excluding carboxylic acids is 2. The van der Waals surface area contributed by atoms with Crippen molar-refractivity contribution in [1.29, 1.82) is 0 Å². The van der Waals surface area contributed by atoms with Crippen molar-refractivity contribution >= 4 is 17.6 Å². The number of anilines is 1. The van der Waals surface area contributed by atoms with Gasteiger partial charge < -0.3 is 19.4 Å². The highest BCUT2D eigenvalue weighted by molar-refractivity contribution is 6.04. The summed E-state index contributed by atoms with van der Waals surface area (Å²) in [5, 5.41) is 0. The fourth-order valence-electron chi connectivity index (χ4n) is 5.43. The number of nitrogens with one attached hydrogen (secondary N) is 1. The first-order valence-corrected chi connectivity index (χ1v) is 12.7. The van der Waals surface area contributed by atoms with Crippen LogP contribution in [0.25, 0.3) is 0 Å². The minimum atomic E-state index is -0.186. The Bertz CT molecular complexity index is 966. The fourth-order valence-corrected chi connectivity index (χ4v) is 5.43. The Balaban J connectivity index is 1.07. The topological polar surface area (TPSA) is 57.5 Å². The summed E-state index contributed by atoms with van der Waals surface area (Å²) in [6, 6.07) is 17.9. The first-order valence-electron chi connectivity index (χ1n) is 12.7. The number of para-hydroxylation sites is 3. The molecule has 3 heterocycles. The lowest BCUT2D eigenvalue weighted by atomic mass is 10.0. The van der Waals surface area contributed by atoms with Crippen molar-refractivity contribution in [3.63, 3.8) is 0 Å². The Kier molecular flexibility index (Phi) is 7.00. The summed E-state index contributed by atoms with van der Waals surface area (Å²) in [5.74, 6) is 1.78. The number of amides is 3. The van der Waals surface area contributed by atoms with Crippen LogP contribution in [0.1, 0.15) is 32.1 Å². The zero-order chi connectivity index (χ0) is 23.3. The van der Waals surface area contributed by atoms with Gasteiger partial charge >= 0.3 is 6.03 Å². The molecule has 3 fully saturated rings. The molecule has 34 heavy (non-hydrogen) atoms. The number of imide groups is 1. The normalized spacial score (nSPS) is 21.2. The molecule has 3 amide bonds. The molecule has 1 atom stereocenters. The first kappa shape index (κ1) is 22.7. The van der Waals surface area contributed by atoms with Gasteiger partial charge in [0.2, 0.25) is 0 Å².